The van der Waals surface area contributed by atoms with Gasteiger partial charge in [0.25, 0.3) is 0 Å². The molecule has 0 N–H and O–H groups in total. The number of aryl methyl sites for hydroxylation is 1. The number of morpholine rings is 1. The molecule has 9 heteroatoms. The first kappa shape index (κ1) is 16.9. The molecule has 1 aliphatic carbocycles. The van der Waals surface area contributed by atoms with E-state index < -0.39 is 0 Å². The van der Waals surface area contributed by atoms with Crippen molar-refractivity contribution in [2.24, 2.45) is 5.92 Å². The van der Waals surface area contributed by atoms with Gasteiger partial charge in [-0.05, 0) is 30.7 Å². The van der Waals surface area contributed by atoms with E-state index in [0.717, 1.165) is 29.5 Å². The van der Waals surface area contributed by atoms with Gasteiger partial charge in [-0.25, -0.2) is 18.9 Å². The Morgan fingerprint density at radius 3 is 3.00 bits per heavy atom. The van der Waals surface area contributed by atoms with Crippen molar-refractivity contribution in [3.8, 4) is 0 Å². The van der Waals surface area contributed by atoms with E-state index in [1.807, 2.05) is 0 Å². The van der Waals surface area contributed by atoms with E-state index in [2.05, 4.69) is 17.0 Å². The second-order valence-electron chi connectivity index (χ2n) is 7.40. The lowest BCUT2D eigenvalue weighted by molar-refractivity contribution is -0.136. The van der Waals surface area contributed by atoms with E-state index in [1.54, 1.807) is 16.2 Å². The Labute approximate surface area is 159 Å². The number of hydrogen-bond donors (Lipinski definition) is 0. The maximum atomic E-state index is 12.8. The third kappa shape index (κ3) is 2.76. The van der Waals surface area contributed by atoms with Crippen LogP contribution in [0, 0.1) is 5.92 Å². The van der Waals surface area contributed by atoms with Gasteiger partial charge >= 0.3 is 5.69 Å². The van der Waals surface area contributed by atoms with Gasteiger partial charge in [-0.2, -0.15) is 0 Å². The van der Waals surface area contributed by atoms with Gasteiger partial charge in [0.05, 0.1) is 18.6 Å². The van der Waals surface area contributed by atoms with E-state index in [1.165, 1.54) is 25.9 Å². The smallest absolute Gasteiger partial charge is 0.352 e. The number of thiophene rings is 1. The van der Waals surface area contributed by atoms with E-state index in [9.17, 15) is 9.59 Å². The molecule has 1 saturated heterocycles. The highest BCUT2D eigenvalue weighted by Crippen LogP contribution is 2.38. The van der Waals surface area contributed by atoms with Crippen molar-refractivity contribution >= 4 is 33.1 Å². The molecule has 0 aromatic carbocycles. The normalized spacial score (nSPS) is 20.3. The zero-order chi connectivity index (χ0) is 18.5. The third-order valence-corrected chi connectivity index (χ3v) is 6.69. The van der Waals surface area contributed by atoms with Crippen LogP contribution >= 0.6 is 11.3 Å². The second-order valence-corrected chi connectivity index (χ2v) is 8.49. The van der Waals surface area contributed by atoms with Gasteiger partial charge < -0.3 is 9.64 Å². The Morgan fingerprint density at radius 2 is 2.19 bits per heavy atom. The summed E-state index contributed by atoms with van der Waals surface area (Å²) in [5.41, 5.74) is 1.58. The zero-order valence-corrected chi connectivity index (χ0v) is 16.0. The highest BCUT2D eigenvalue weighted by atomic mass is 32.1. The highest BCUT2D eigenvalue weighted by molar-refractivity contribution is 7.19. The molecule has 2 aliphatic rings. The molecular formula is C18H21N5O3S. The molecule has 1 atom stereocenters. The summed E-state index contributed by atoms with van der Waals surface area (Å²) in [5, 5.41) is 5.51. The number of fused-ring (bicyclic) bond motifs is 5. The molecule has 0 unspecified atom stereocenters. The Kier molecular flexibility index (Phi) is 4.01. The lowest BCUT2D eigenvalue weighted by Crippen LogP contribution is -2.43. The standard InChI is InChI=1S/C18H21N5O3S/c1-11-2-3-12-13(8-11)27-17-15(12)16-20-23(18(25)22(16)10-19-17)9-14(24)21-4-6-26-7-5-21/h10-11H,2-9H2,1H3/t11-/m1/s1. The van der Waals surface area contributed by atoms with E-state index >= 15 is 0 Å². The van der Waals surface area contributed by atoms with Gasteiger partial charge in [-0.3, -0.25) is 4.79 Å². The highest BCUT2D eigenvalue weighted by Gasteiger charge is 2.25. The summed E-state index contributed by atoms with van der Waals surface area (Å²) in [6.45, 7) is 4.41. The summed E-state index contributed by atoms with van der Waals surface area (Å²) in [6.07, 6.45) is 4.73. The van der Waals surface area contributed by atoms with Crippen molar-refractivity contribution in [2.45, 2.75) is 32.7 Å². The first-order valence-corrected chi connectivity index (χ1v) is 10.2. The van der Waals surface area contributed by atoms with Crippen LogP contribution in [0.2, 0.25) is 0 Å². The fourth-order valence-electron chi connectivity index (χ4n) is 4.01. The van der Waals surface area contributed by atoms with Gasteiger partial charge in [-0.1, -0.05) is 6.92 Å². The first-order valence-electron chi connectivity index (χ1n) is 9.36. The molecule has 5 rings (SSSR count). The molecule has 27 heavy (non-hydrogen) atoms. The van der Waals surface area contributed by atoms with Crippen LogP contribution in [0.4, 0.5) is 0 Å². The fraction of sp³-hybridized carbons (Fsp3) is 0.556. The van der Waals surface area contributed by atoms with E-state index in [-0.39, 0.29) is 18.1 Å². The monoisotopic (exact) mass is 387 g/mol. The number of ether oxygens (including phenoxy) is 1. The molecule has 3 aromatic heterocycles. The molecule has 4 heterocycles. The molecule has 1 aliphatic heterocycles. The van der Waals surface area contributed by atoms with Crippen molar-refractivity contribution in [3.05, 3.63) is 27.3 Å². The average Bonchev–Trinajstić information content (AvgIpc) is 3.19. The number of carbonyl (C=O) groups is 1. The molecule has 0 spiro atoms. The summed E-state index contributed by atoms with van der Waals surface area (Å²) in [7, 11) is 0. The quantitative estimate of drug-likeness (QED) is 0.657. The summed E-state index contributed by atoms with van der Waals surface area (Å²) >= 11 is 1.71. The van der Waals surface area contributed by atoms with Crippen LogP contribution in [0.3, 0.4) is 0 Å². The van der Waals surface area contributed by atoms with Crippen LogP contribution in [0.1, 0.15) is 23.8 Å². The number of amides is 1. The Morgan fingerprint density at radius 1 is 1.37 bits per heavy atom. The maximum absolute atomic E-state index is 12.8. The number of aromatic nitrogens is 4. The van der Waals surface area contributed by atoms with Gasteiger partial charge in [0, 0.05) is 18.0 Å². The minimum absolute atomic E-state index is 0.0502. The summed E-state index contributed by atoms with van der Waals surface area (Å²) in [6, 6.07) is 0. The van der Waals surface area contributed by atoms with Crippen molar-refractivity contribution in [2.75, 3.05) is 26.3 Å². The average molecular weight is 387 g/mol. The van der Waals surface area contributed by atoms with Crippen LogP contribution in [0.15, 0.2) is 11.1 Å². The van der Waals surface area contributed by atoms with Crippen molar-refractivity contribution in [1.29, 1.82) is 0 Å². The number of carbonyl (C=O) groups excluding carboxylic acids is 1. The molecule has 142 valence electrons. The molecule has 8 nitrogen and oxygen atoms in total. The van der Waals surface area contributed by atoms with Gasteiger partial charge in [0.2, 0.25) is 5.91 Å². The molecule has 3 aromatic rings. The van der Waals surface area contributed by atoms with Crippen LogP contribution in [0.25, 0.3) is 15.9 Å². The fourth-order valence-corrected chi connectivity index (χ4v) is 5.35. The Hall–Kier alpha value is -2.26. The molecule has 1 amide bonds. The minimum atomic E-state index is -0.315. The lowest BCUT2D eigenvalue weighted by atomic mass is 9.89. The predicted molar refractivity (Wildman–Crippen MR) is 101 cm³/mol. The maximum Gasteiger partial charge on any atom is 0.352 e. The lowest BCUT2D eigenvalue weighted by Gasteiger charge is -2.26. The summed E-state index contributed by atoms with van der Waals surface area (Å²) in [5.74, 6) is 0.571. The number of hydrogen-bond acceptors (Lipinski definition) is 6. The SMILES string of the molecule is C[C@@H]1CCc2c(sc3ncn4c(=O)n(CC(=O)N5CCOCC5)nc4c23)C1. The van der Waals surface area contributed by atoms with Gasteiger partial charge in [-0.15, -0.1) is 16.4 Å². The zero-order valence-electron chi connectivity index (χ0n) is 15.2. The van der Waals surface area contributed by atoms with Crippen LogP contribution in [-0.2, 0) is 28.9 Å². The second kappa shape index (κ2) is 6.42. The van der Waals surface area contributed by atoms with Crippen LogP contribution in [-0.4, -0.2) is 56.3 Å². The summed E-state index contributed by atoms with van der Waals surface area (Å²) in [4.78, 5) is 33.8. The van der Waals surface area contributed by atoms with Crippen LogP contribution in [0.5, 0.6) is 0 Å². The number of nitrogens with zero attached hydrogens (tertiary/aromatic N) is 5. The third-order valence-electron chi connectivity index (χ3n) is 5.53. The molecule has 0 radical (unpaired) electrons. The van der Waals surface area contributed by atoms with Gasteiger partial charge in [0.1, 0.15) is 17.7 Å². The molecule has 1 fully saturated rings. The summed E-state index contributed by atoms with van der Waals surface area (Å²) < 4.78 is 8.02. The van der Waals surface area contributed by atoms with Crippen molar-refractivity contribution in [3.63, 3.8) is 0 Å². The molecule has 0 saturated carbocycles. The van der Waals surface area contributed by atoms with Crippen LogP contribution < -0.4 is 5.69 Å². The number of rotatable bonds is 2. The topological polar surface area (TPSA) is 81.7 Å². The Bertz CT molecular complexity index is 1090. The van der Waals surface area contributed by atoms with Crippen molar-refractivity contribution < 1.29 is 9.53 Å². The van der Waals surface area contributed by atoms with Gasteiger partial charge in [0.15, 0.2) is 5.65 Å². The molecule has 0 bridgehead atoms. The van der Waals surface area contributed by atoms with E-state index in [0.29, 0.717) is 37.9 Å². The van der Waals surface area contributed by atoms with Crippen molar-refractivity contribution in [1.82, 2.24) is 24.1 Å². The largest absolute Gasteiger partial charge is 0.378 e. The first-order chi connectivity index (χ1) is 13.1. The molecular weight excluding hydrogens is 366 g/mol. The van der Waals surface area contributed by atoms with E-state index in [4.69, 9.17) is 4.74 Å². The Balaban J connectivity index is 1.57. The predicted octanol–water partition coefficient (Wildman–Crippen LogP) is 1.09. The minimum Gasteiger partial charge on any atom is -0.378 e.